The van der Waals surface area contributed by atoms with Crippen LogP contribution >= 0.6 is 0 Å². The maximum atomic E-state index is 10.9. The summed E-state index contributed by atoms with van der Waals surface area (Å²) in [5.74, 6) is -0.604. The number of nitrogens with one attached hydrogen (secondary N) is 2. The van der Waals surface area contributed by atoms with Crippen LogP contribution in [0.15, 0.2) is 25.3 Å². The van der Waals surface area contributed by atoms with Crippen LogP contribution in [0.1, 0.15) is 25.7 Å². The average molecular weight is 388 g/mol. The molecule has 9 heteroatoms. The summed E-state index contributed by atoms with van der Waals surface area (Å²) in [4.78, 5) is 21.9. The summed E-state index contributed by atoms with van der Waals surface area (Å²) < 4.78 is 5.14. The number of ether oxygens (including phenoxy) is 1. The molecule has 156 valence electrons. The zero-order chi connectivity index (χ0) is 20.7. The summed E-state index contributed by atoms with van der Waals surface area (Å²) >= 11 is 0. The van der Waals surface area contributed by atoms with E-state index in [1.165, 1.54) is 0 Å². The lowest BCUT2D eigenvalue weighted by molar-refractivity contribution is -0.117. The van der Waals surface area contributed by atoms with Crippen LogP contribution in [0.25, 0.3) is 0 Å². The van der Waals surface area contributed by atoms with Gasteiger partial charge in [-0.15, -0.1) is 0 Å². The minimum absolute atomic E-state index is 0.195. The predicted molar refractivity (Wildman–Crippen MR) is 99.7 cm³/mol. The first-order chi connectivity index (χ1) is 12.8. The van der Waals surface area contributed by atoms with Crippen molar-refractivity contribution in [1.82, 2.24) is 10.6 Å². The Labute approximate surface area is 159 Å². The van der Waals surface area contributed by atoms with E-state index in [4.69, 9.17) is 4.74 Å². The number of hydrogen-bond acceptors (Lipinski definition) is 7. The number of amides is 2. The van der Waals surface area contributed by atoms with Crippen molar-refractivity contribution >= 4 is 11.8 Å². The van der Waals surface area contributed by atoms with Gasteiger partial charge in [-0.25, -0.2) is 0 Å². The van der Waals surface area contributed by atoms with Crippen LogP contribution in [0.2, 0.25) is 0 Å². The molecule has 9 nitrogen and oxygen atoms in total. The van der Waals surface area contributed by atoms with Crippen LogP contribution in [0, 0.1) is 0 Å². The van der Waals surface area contributed by atoms with E-state index in [9.17, 15) is 30.0 Å². The van der Waals surface area contributed by atoms with E-state index in [1.54, 1.807) is 0 Å². The Balaban J connectivity index is 3.82. The van der Waals surface area contributed by atoms with Gasteiger partial charge in [0.25, 0.3) is 0 Å². The van der Waals surface area contributed by atoms with E-state index in [1.807, 2.05) is 0 Å². The number of rotatable bonds is 16. The fourth-order valence-electron chi connectivity index (χ4n) is 2.11. The Bertz CT molecular complexity index is 419. The summed E-state index contributed by atoms with van der Waals surface area (Å²) in [6.07, 6.45) is -0.554. The van der Waals surface area contributed by atoms with Crippen molar-refractivity contribution in [3.8, 4) is 0 Å². The summed E-state index contributed by atoms with van der Waals surface area (Å²) in [5, 5.41) is 44.3. The number of aliphatic hydroxyl groups is 4. The van der Waals surface area contributed by atoms with Crippen molar-refractivity contribution in [3.63, 3.8) is 0 Å². The molecule has 0 saturated heterocycles. The van der Waals surface area contributed by atoms with Crippen LogP contribution < -0.4 is 10.6 Å². The molecule has 0 aromatic rings. The molecular formula is C18H32N2O7. The molecule has 0 aromatic heterocycles. The Morgan fingerprint density at radius 2 is 1.15 bits per heavy atom. The van der Waals surface area contributed by atoms with Crippen molar-refractivity contribution in [1.29, 1.82) is 0 Å². The highest BCUT2D eigenvalue weighted by Crippen LogP contribution is 2.06. The monoisotopic (exact) mass is 388 g/mol. The molecule has 4 atom stereocenters. The lowest BCUT2D eigenvalue weighted by atomic mass is 10.1. The zero-order valence-corrected chi connectivity index (χ0v) is 15.5. The minimum Gasteiger partial charge on any atom is -0.390 e. The lowest BCUT2D eigenvalue weighted by Gasteiger charge is -2.21. The highest BCUT2D eigenvalue weighted by Gasteiger charge is 2.19. The van der Waals surface area contributed by atoms with E-state index >= 15 is 0 Å². The quantitative estimate of drug-likeness (QED) is 0.141. The summed E-state index contributed by atoms with van der Waals surface area (Å²) in [7, 11) is 0. The van der Waals surface area contributed by atoms with E-state index in [0.29, 0.717) is 25.9 Å². The molecular weight excluding hydrogens is 356 g/mol. The van der Waals surface area contributed by atoms with Crippen LogP contribution in [-0.4, -0.2) is 83.0 Å². The second-order valence-corrected chi connectivity index (χ2v) is 6.08. The standard InChI is InChI=1S/C18H32N2O7/c1-3-17(25)19-9-5-7-13(21)15(23)11-27-12-16(24)14(22)8-6-10-20-18(26)4-2/h3-4,13-16,21-24H,1-2,5-12H2,(H,19,25)(H,20,26). The second-order valence-electron chi connectivity index (χ2n) is 6.08. The molecule has 0 aliphatic rings. The van der Waals surface area contributed by atoms with E-state index in [-0.39, 0.29) is 37.9 Å². The van der Waals surface area contributed by atoms with Gasteiger partial charge < -0.3 is 35.8 Å². The second kappa shape index (κ2) is 15.3. The van der Waals surface area contributed by atoms with Crippen molar-refractivity contribution in [2.45, 2.75) is 50.1 Å². The molecule has 0 aliphatic heterocycles. The molecule has 0 spiro atoms. The Kier molecular flexibility index (Phi) is 14.3. The first-order valence-corrected chi connectivity index (χ1v) is 8.92. The van der Waals surface area contributed by atoms with Gasteiger partial charge in [-0.2, -0.15) is 0 Å². The van der Waals surface area contributed by atoms with Gasteiger partial charge in [0.2, 0.25) is 11.8 Å². The molecule has 27 heavy (non-hydrogen) atoms. The molecule has 0 fully saturated rings. The molecule has 6 N–H and O–H groups in total. The van der Waals surface area contributed by atoms with Crippen LogP contribution in [0.4, 0.5) is 0 Å². The lowest BCUT2D eigenvalue weighted by Crippen LogP contribution is -2.35. The van der Waals surface area contributed by atoms with Gasteiger partial charge in [0, 0.05) is 13.1 Å². The van der Waals surface area contributed by atoms with Gasteiger partial charge in [0.15, 0.2) is 0 Å². The molecule has 0 aliphatic carbocycles. The smallest absolute Gasteiger partial charge is 0.243 e. The predicted octanol–water partition coefficient (Wildman–Crippen LogP) is -1.39. The summed E-state index contributed by atoms with van der Waals surface area (Å²) in [6, 6.07) is 0. The fraction of sp³-hybridized carbons (Fsp3) is 0.667. The normalized spacial score (nSPS) is 15.3. The first kappa shape index (κ1) is 25.2. The molecule has 0 heterocycles. The molecule has 2 amide bonds. The maximum absolute atomic E-state index is 10.9. The van der Waals surface area contributed by atoms with Gasteiger partial charge in [0.1, 0.15) is 12.2 Å². The van der Waals surface area contributed by atoms with Crippen LogP contribution in [0.3, 0.4) is 0 Å². The van der Waals surface area contributed by atoms with Gasteiger partial charge in [0.05, 0.1) is 25.4 Å². The number of carbonyl (C=O) groups is 2. The molecule has 0 aromatic carbocycles. The molecule has 0 rings (SSSR count). The largest absolute Gasteiger partial charge is 0.390 e. The van der Waals surface area contributed by atoms with E-state index in [2.05, 4.69) is 23.8 Å². The third-order valence-corrected chi connectivity index (χ3v) is 3.79. The minimum atomic E-state index is -1.14. The van der Waals surface area contributed by atoms with Crippen molar-refractivity contribution in [3.05, 3.63) is 25.3 Å². The SMILES string of the molecule is C=CC(=O)NCCCC(O)C(O)COCC(O)C(O)CCCNC(=O)C=C. The highest BCUT2D eigenvalue weighted by molar-refractivity contribution is 5.87. The van der Waals surface area contributed by atoms with Gasteiger partial charge in [-0.05, 0) is 37.8 Å². The third-order valence-electron chi connectivity index (χ3n) is 3.79. The van der Waals surface area contributed by atoms with Crippen molar-refractivity contribution in [2.75, 3.05) is 26.3 Å². The van der Waals surface area contributed by atoms with Crippen LogP contribution in [0.5, 0.6) is 0 Å². The van der Waals surface area contributed by atoms with Gasteiger partial charge >= 0.3 is 0 Å². The highest BCUT2D eigenvalue weighted by atomic mass is 16.5. The fourth-order valence-corrected chi connectivity index (χ4v) is 2.11. The Morgan fingerprint density at radius 1 is 0.778 bits per heavy atom. The van der Waals surface area contributed by atoms with E-state index < -0.39 is 24.4 Å². The van der Waals surface area contributed by atoms with Gasteiger partial charge in [-0.1, -0.05) is 13.2 Å². The first-order valence-electron chi connectivity index (χ1n) is 8.92. The Hall–Kier alpha value is -1.78. The molecule has 0 radical (unpaired) electrons. The summed E-state index contributed by atoms with van der Waals surface area (Å²) in [5.41, 5.74) is 0. The van der Waals surface area contributed by atoms with Gasteiger partial charge in [-0.3, -0.25) is 9.59 Å². The number of hydrogen-bond donors (Lipinski definition) is 6. The van der Waals surface area contributed by atoms with Crippen molar-refractivity contribution in [2.24, 2.45) is 0 Å². The average Bonchev–Trinajstić information content (AvgIpc) is 2.67. The molecule has 0 saturated carbocycles. The zero-order valence-electron chi connectivity index (χ0n) is 15.5. The topological polar surface area (TPSA) is 148 Å². The van der Waals surface area contributed by atoms with E-state index in [0.717, 1.165) is 12.2 Å². The summed E-state index contributed by atoms with van der Waals surface area (Å²) in [6.45, 7) is 6.95. The maximum Gasteiger partial charge on any atom is 0.243 e. The third kappa shape index (κ3) is 13.1. The molecule has 0 bridgehead atoms. The number of aliphatic hydroxyl groups excluding tert-OH is 4. The molecule has 4 unspecified atom stereocenters. The Morgan fingerprint density at radius 3 is 1.48 bits per heavy atom. The number of carbonyl (C=O) groups excluding carboxylic acids is 2. The van der Waals surface area contributed by atoms with Crippen LogP contribution in [-0.2, 0) is 14.3 Å². The van der Waals surface area contributed by atoms with Crippen molar-refractivity contribution < 1.29 is 34.8 Å².